The molecule has 0 bridgehead atoms. The number of hydrogen-bond donors (Lipinski definition) is 1. The van der Waals surface area contributed by atoms with Crippen LogP contribution in [-0.4, -0.2) is 49.5 Å². The van der Waals surface area contributed by atoms with Crippen LogP contribution < -0.4 is 0 Å². The van der Waals surface area contributed by atoms with Crippen LogP contribution in [0, 0.1) is 11.8 Å². The number of aliphatic hydroxyl groups excluding tert-OH is 1. The van der Waals surface area contributed by atoms with Gasteiger partial charge in [-0.15, -0.1) is 0 Å². The molecule has 1 atom stereocenters. The van der Waals surface area contributed by atoms with Gasteiger partial charge in [0.15, 0.2) is 9.84 Å². The Morgan fingerprint density at radius 3 is 2.38 bits per heavy atom. The predicted octanol–water partition coefficient (Wildman–Crippen LogP) is 0.422. The molecule has 0 aliphatic carbocycles. The Morgan fingerprint density at radius 1 is 1.33 bits per heavy atom. The van der Waals surface area contributed by atoms with Crippen LogP contribution in [0.5, 0.6) is 0 Å². The predicted molar refractivity (Wildman–Crippen MR) is 81.2 cm³/mol. The first-order chi connectivity index (χ1) is 9.75. The van der Waals surface area contributed by atoms with Gasteiger partial charge in [-0.1, -0.05) is 24.0 Å². The average Bonchev–Trinajstić information content (AvgIpc) is 2.43. The first-order valence-corrected chi connectivity index (χ1v) is 8.33. The molecule has 21 heavy (non-hydrogen) atoms. The molecule has 1 aromatic rings. The highest BCUT2D eigenvalue weighted by Gasteiger charge is 2.26. The Kier molecular flexibility index (Phi) is 5.94. The summed E-state index contributed by atoms with van der Waals surface area (Å²) in [6.45, 7) is 1.52. The van der Waals surface area contributed by atoms with Gasteiger partial charge in [0.25, 0.3) is 0 Å². The molecular weight excluding hydrogens is 290 g/mol. The van der Waals surface area contributed by atoms with Crippen LogP contribution >= 0.6 is 0 Å². The number of sulfone groups is 1. The van der Waals surface area contributed by atoms with Crippen molar-refractivity contribution in [3.8, 4) is 11.8 Å². The smallest absolute Gasteiger partial charge is 0.240 e. The molecule has 1 aromatic carbocycles. The van der Waals surface area contributed by atoms with E-state index in [2.05, 4.69) is 11.8 Å². The number of aliphatic hydroxyl groups is 1. The summed E-state index contributed by atoms with van der Waals surface area (Å²) in [5.74, 6) is 4.90. The summed E-state index contributed by atoms with van der Waals surface area (Å²) in [5, 5.41) is 7.57. The van der Waals surface area contributed by atoms with E-state index in [9.17, 15) is 13.2 Å². The molecule has 0 saturated heterocycles. The van der Waals surface area contributed by atoms with E-state index in [0.717, 1.165) is 17.4 Å². The van der Waals surface area contributed by atoms with E-state index in [-0.39, 0.29) is 6.61 Å². The summed E-state index contributed by atoms with van der Waals surface area (Å²) >= 11 is 0. The van der Waals surface area contributed by atoms with E-state index < -0.39 is 21.0 Å². The van der Waals surface area contributed by atoms with E-state index in [4.69, 9.17) is 5.11 Å². The number of carbonyl (C=O) groups is 1. The second kappa shape index (κ2) is 7.25. The van der Waals surface area contributed by atoms with E-state index in [1.165, 1.54) is 11.8 Å². The molecule has 0 fully saturated rings. The lowest BCUT2D eigenvalue weighted by molar-refractivity contribution is -0.129. The van der Waals surface area contributed by atoms with Crippen LogP contribution in [0.25, 0.3) is 0 Å². The molecule has 1 N–H and O–H groups in total. The number of hydrogen-bond acceptors (Lipinski definition) is 4. The van der Waals surface area contributed by atoms with Gasteiger partial charge in [0.05, 0.1) is 0 Å². The largest absolute Gasteiger partial charge is 0.384 e. The van der Waals surface area contributed by atoms with Crippen LogP contribution in [0.4, 0.5) is 0 Å². The first kappa shape index (κ1) is 17.2. The summed E-state index contributed by atoms with van der Waals surface area (Å²) in [4.78, 5) is 13.4. The molecule has 0 aliphatic rings. The van der Waals surface area contributed by atoms with Crippen molar-refractivity contribution < 1.29 is 18.3 Å². The number of amides is 1. The van der Waals surface area contributed by atoms with Crippen molar-refractivity contribution >= 4 is 15.7 Å². The molecule has 0 spiro atoms. The van der Waals surface area contributed by atoms with Crippen LogP contribution in [-0.2, 0) is 21.2 Å². The van der Waals surface area contributed by atoms with Crippen LogP contribution in [0.2, 0.25) is 0 Å². The second-order valence-corrected chi connectivity index (χ2v) is 7.19. The van der Waals surface area contributed by atoms with Crippen LogP contribution in [0.15, 0.2) is 24.3 Å². The molecule has 0 aliphatic heterocycles. The normalized spacial score (nSPS) is 12.2. The zero-order valence-electron chi connectivity index (χ0n) is 12.3. The van der Waals surface area contributed by atoms with Gasteiger partial charge >= 0.3 is 0 Å². The molecule has 114 valence electrons. The number of carbonyl (C=O) groups excluding carboxylic acids is 1. The molecule has 1 unspecified atom stereocenters. The molecule has 0 saturated carbocycles. The third-order valence-corrected chi connectivity index (χ3v) is 4.54. The Morgan fingerprint density at radius 2 is 1.90 bits per heavy atom. The van der Waals surface area contributed by atoms with Crippen LogP contribution in [0.1, 0.15) is 18.1 Å². The minimum atomic E-state index is -3.39. The molecule has 1 rings (SSSR count). The van der Waals surface area contributed by atoms with Gasteiger partial charge < -0.3 is 10.0 Å². The Bertz CT molecular complexity index is 653. The monoisotopic (exact) mass is 309 g/mol. The molecule has 6 heteroatoms. The maximum absolute atomic E-state index is 12.0. The highest BCUT2D eigenvalue weighted by molar-refractivity contribution is 7.92. The third-order valence-electron chi connectivity index (χ3n) is 3.05. The van der Waals surface area contributed by atoms with Crippen LogP contribution in [0.3, 0.4) is 0 Å². The lowest BCUT2D eigenvalue weighted by Gasteiger charge is -2.20. The minimum absolute atomic E-state index is 0.192. The third kappa shape index (κ3) is 5.21. The molecule has 5 nitrogen and oxygen atoms in total. The SMILES string of the molecule is CC(C(=O)N(C)Cc1ccc(C#CCO)cc1)S(C)(=O)=O. The second-order valence-electron chi connectivity index (χ2n) is 4.82. The highest BCUT2D eigenvalue weighted by atomic mass is 32.2. The van der Waals surface area contributed by atoms with Crippen molar-refractivity contribution in [2.75, 3.05) is 19.9 Å². The minimum Gasteiger partial charge on any atom is -0.384 e. The van der Waals surface area contributed by atoms with Gasteiger partial charge in [0, 0.05) is 25.4 Å². The summed E-state index contributed by atoms with van der Waals surface area (Å²) in [5.41, 5.74) is 1.65. The molecule has 0 aromatic heterocycles. The molecule has 1 amide bonds. The van der Waals surface area contributed by atoms with Gasteiger partial charge in [0.1, 0.15) is 11.9 Å². The Labute approximate surface area is 125 Å². The van der Waals surface area contributed by atoms with E-state index in [1.54, 1.807) is 19.2 Å². The first-order valence-electron chi connectivity index (χ1n) is 6.38. The fraction of sp³-hybridized carbons (Fsp3) is 0.400. The lowest BCUT2D eigenvalue weighted by Crippen LogP contribution is -2.38. The van der Waals surface area contributed by atoms with Crippen molar-refractivity contribution in [3.63, 3.8) is 0 Å². The van der Waals surface area contributed by atoms with Crippen molar-refractivity contribution in [3.05, 3.63) is 35.4 Å². The number of benzene rings is 1. The van der Waals surface area contributed by atoms with Gasteiger partial charge in [-0.3, -0.25) is 4.79 Å². The van der Waals surface area contributed by atoms with Gasteiger partial charge in [-0.05, 0) is 24.6 Å². The molecule has 0 radical (unpaired) electrons. The fourth-order valence-electron chi connectivity index (χ4n) is 1.68. The summed E-state index contributed by atoms with van der Waals surface area (Å²) in [6, 6.07) is 7.21. The maximum Gasteiger partial charge on any atom is 0.240 e. The lowest BCUT2D eigenvalue weighted by atomic mass is 10.1. The van der Waals surface area contributed by atoms with Gasteiger partial charge in [-0.25, -0.2) is 8.42 Å². The van der Waals surface area contributed by atoms with Crippen molar-refractivity contribution in [2.24, 2.45) is 0 Å². The number of nitrogens with zero attached hydrogens (tertiary/aromatic N) is 1. The topological polar surface area (TPSA) is 74.7 Å². The highest BCUT2D eigenvalue weighted by Crippen LogP contribution is 2.09. The van der Waals surface area contributed by atoms with Crippen molar-refractivity contribution in [2.45, 2.75) is 18.7 Å². The van der Waals surface area contributed by atoms with Crippen molar-refractivity contribution in [1.82, 2.24) is 4.90 Å². The van der Waals surface area contributed by atoms with E-state index in [1.807, 2.05) is 12.1 Å². The Balaban J connectivity index is 2.75. The summed E-state index contributed by atoms with van der Waals surface area (Å²) in [7, 11) is -1.82. The standard InChI is InChI=1S/C15H19NO4S/c1-12(21(3,19)20)15(18)16(2)11-14-8-6-13(7-9-14)5-4-10-17/h6-9,12,17H,10-11H2,1-3H3. The maximum atomic E-state index is 12.0. The average molecular weight is 309 g/mol. The van der Waals surface area contributed by atoms with E-state index >= 15 is 0 Å². The molecular formula is C15H19NO4S. The summed E-state index contributed by atoms with van der Waals surface area (Å²) < 4.78 is 22.8. The van der Waals surface area contributed by atoms with Gasteiger partial charge in [0.2, 0.25) is 5.91 Å². The summed E-state index contributed by atoms with van der Waals surface area (Å²) in [6.07, 6.45) is 1.05. The van der Waals surface area contributed by atoms with Gasteiger partial charge in [-0.2, -0.15) is 0 Å². The Hall–Kier alpha value is -1.84. The fourth-order valence-corrected chi connectivity index (χ4v) is 2.23. The zero-order chi connectivity index (χ0) is 16.0. The van der Waals surface area contributed by atoms with Crippen molar-refractivity contribution in [1.29, 1.82) is 0 Å². The number of rotatable bonds is 4. The molecule has 0 heterocycles. The quantitative estimate of drug-likeness (QED) is 0.818. The zero-order valence-corrected chi connectivity index (χ0v) is 13.1. The van der Waals surface area contributed by atoms with E-state index in [0.29, 0.717) is 6.54 Å².